The van der Waals surface area contributed by atoms with Crippen LogP contribution in [-0.2, 0) is 4.74 Å². The fraction of sp³-hybridized carbons (Fsp3) is 0.429. The summed E-state index contributed by atoms with van der Waals surface area (Å²) in [6.07, 6.45) is 5.74. The van der Waals surface area contributed by atoms with Crippen LogP contribution < -0.4 is 0 Å². The molecule has 0 spiro atoms. The standard InChI is InChI=1S/C14H15NO2S/c16-14(17-11-4-2-1-3-5-11)10-6-7-12-13(8-10)18-9-15-12/h6-9,11H,1-5H2. The number of ether oxygens (including phenoxy) is 1. The van der Waals surface area contributed by atoms with E-state index >= 15 is 0 Å². The van der Waals surface area contributed by atoms with Gasteiger partial charge in [-0.3, -0.25) is 0 Å². The molecular formula is C14H15NO2S. The summed E-state index contributed by atoms with van der Waals surface area (Å²) in [5, 5.41) is 0. The minimum absolute atomic E-state index is 0.114. The van der Waals surface area contributed by atoms with Crippen molar-refractivity contribution in [2.45, 2.75) is 38.2 Å². The highest BCUT2D eigenvalue weighted by atomic mass is 32.1. The molecule has 3 nitrogen and oxygen atoms in total. The lowest BCUT2D eigenvalue weighted by Gasteiger charge is -2.21. The van der Waals surface area contributed by atoms with E-state index in [1.54, 1.807) is 22.9 Å². The van der Waals surface area contributed by atoms with E-state index < -0.39 is 0 Å². The van der Waals surface area contributed by atoms with Crippen LogP contribution >= 0.6 is 11.3 Å². The second kappa shape index (κ2) is 5.06. The van der Waals surface area contributed by atoms with E-state index in [1.165, 1.54) is 19.3 Å². The zero-order valence-corrected chi connectivity index (χ0v) is 10.9. The Hall–Kier alpha value is -1.42. The monoisotopic (exact) mass is 261 g/mol. The van der Waals surface area contributed by atoms with Crippen molar-refractivity contribution in [1.29, 1.82) is 0 Å². The zero-order valence-electron chi connectivity index (χ0n) is 10.1. The topological polar surface area (TPSA) is 39.2 Å². The van der Waals surface area contributed by atoms with Gasteiger partial charge in [0.2, 0.25) is 0 Å². The largest absolute Gasteiger partial charge is 0.459 e. The van der Waals surface area contributed by atoms with E-state index in [9.17, 15) is 4.79 Å². The van der Waals surface area contributed by atoms with Crippen molar-refractivity contribution in [3.63, 3.8) is 0 Å². The average molecular weight is 261 g/mol. The molecule has 3 rings (SSSR count). The Morgan fingerprint density at radius 1 is 1.28 bits per heavy atom. The number of fused-ring (bicyclic) bond motifs is 1. The quantitative estimate of drug-likeness (QED) is 0.772. The maximum atomic E-state index is 12.0. The Labute approximate surface area is 110 Å². The molecule has 1 aliphatic carbocycles. The highest BCUT2D eigenvalue weighted by Crippen LogP contribution is 2.23. The van der Waals surface area contributed by atoms with Gasteiger partial charge in [-0.05, 0) is 43.9 Å². The van der Waals surface area contributed by atoms with Crippen molar-refractivity contribution in [3.8, 4) is 0 Å². The first-order chi connectivity index (χ1) is 8.83. The van der Waals surface area contributed by atoms with Crippen molar-refractivity contribution in [2.75, 3.05) is 0 Å². The smallest absolute Gasteiger partial charge is 0.338 e. The van der Waals surface area contributed by atoms with Gasteiger partial charge in [-0.2, -0.15) is 0 Å². The fourth-order valence-electron chi connectivity index (χ4n) is 2.38. The Balaban J connectivity index is 1.74. The maximum Gasteiger partial charge on any atom is 0.338 e. The number of hydrogen-bond acceptors (Lipinski definition) is 4. The van der Waals surface area contributed by atoms with Crippen LogP contribution in [0.25, 0.3) is 10.2 Å². The van der Waals surface area contributed by atoms with Gasteiger partial charge in [0.25, 0.3) is 0 Å². The van der Waals surface area contributed by atoms with E-state index in [4.69, 9.17) is 4.74 Å². The average Bonchev–Trinajstić information content (AvgIpc) is 2.87. The molecule has 0 atom stereocenters. The van der Waals surface area contributed by atoms with E-state index in [0.29, 0.717) is 5.56 Å². The Bertz CT molecular complexity index is 558. The van der Waals surface area contributed by atoms with Crippen LogP contribution in [0, 0.1) is 0 Å². The number of aromatic nitrogens is 1. The number of carbonyl (C=O) groups excluding carboxylic acids is 1. The second-order valence-corrected chi connectivity index (χ2v) is 5.59. The minimum Gasteiger partial charge on any atom is -0.459 e. The summed E-state index contributed by atoms with van der Waals surface area (Å²) >= 11 is 1.55. The Morgan fingerprint density at radius 2 is 2.11 bits per heavy atom. The molecule has 1 saturated carbocycles. The third-order valence-corrected chi connectivity index (χ3v) is 4.18. The molecule has 94 valence electrons. The summed E-state index contributed by atoms with van der Waals surface area (Å²) in [6, 6.07) is 5.55. The fourth-order valence-corrected chi connectivity index (χ4v) is 3.10. The molecule has 2 aromatic rings. The second-order valence-electron chi connectivity index (χ2n) is 4.70. The highest BCUT2D eigenvalue weighted by Gasteiger charge is 2.18. The number of thiazole rings is 1. The predicted octanol–water partition coefficient (Wildman–Crippen LogP) is 3.79. The summed E-state index contributed by atoms with van der Waals surface area (Å²) in [6.45, 7) is 0. The van der Waals surface area contributed by atoms with Crippen molar-refractivity contribution < 1.29 is 9.53 Å². The molecule has 1 fully saturated rings. The number of esters is 1. The van der Waals surface area contributed by atoms with Crippen LogP contribution in [0.2, 0.25) is 0 Å². The summed E-state index contributed by atoms with van der Waals surface area (Å²) < 4.78 is 6.58. The summed E-state index contributed by atoms with van der Waals surface area (Å²) in [5.74, 6) is -0.197. The molecule has 18 heavy (non-hydrogen) atoms. The number of carbonyl (C=O) groups is 1. The van der Waals surface area contributed by atoms with Crippen LogP contribution in [0.4, 0.5) is 0 Å². The molecular weight excluding hydrogens is 246 g/mol. The molecule has 0 amide bonds. The minimum atomic E-state index is -0.197. The van der Waals surface area contributed by atoms with E-state index in [2.05, 4.69) is 4.98 Å². The third-order valence-electron chi connectivity index (χ3n) is 3.39. The molecule has 0 radical (unpaired) electrons. The lowest BCUT2D eigenvalue weighted by Crippen LogP contribution is -2.20. The van der Waals surface area contributed by atoms with Crippen LogP contribution in [0.3, 0.4) is 0 Å². The predicted molar refractivity (Wildman–Crippen MR) is 71.9 cm³/mol. The van der Waals surface area contributed by atoms with Gasteiger partial charge in [0.05, 0.1) is 21.3 Å². The van der Waals surface area contributed by atoms with Gasteiger partial charge in [0.15, 0.2) is 0 Å². The van der Waals surface area contributed by atoms with Gasteiger partial charge in [0.1, 0.15) is 6.10 Å². The Morgan fingerprint density at radius 3 is 2.94 bits per heavy atom. The summed E-state index contributed by atoms with van der Waals surface area (Å²) in [7, 11) is 0. The van der Waals surface area contributed by atoms with Crippen LogP contribution in [0.15, 0.2) is 23.7 Å². The molecule has 0 N–H and O–H groups in total. The Kier molecular flexibility index (Phi) is 3.28. The molecule has 1 heterocycles. The molecule has 1 aliphatic rings. The maximum absolute atomic E-state index is 12.0. The van der Waals surface area contributed by atoms with Crippen LogP contribution in [-0.4, -0.2) is 17.1 Å². The molecule has 1 aromatic heterocycles. The molecule has 0 aliphatic heterocycles. The number of nitrogens with zero attached hydrogens (tertiary/aromatic N) is 1. The van der Waals surface area contributed by atoms with Crippen molar-refractivity contribution in [1.82, 2.24) is 4.98 Å². The van der Waals surface area contributed by atoms with Gasteiger partial charge in [-0.1, -0.05) is 6.42 Å². The summed E-state index contributed by atoms with van der Waals surface area (Å²) in [4.78, 5) is 16.2. The van der Waals surface area contributed by atoms with E-state index in [1.807, 2.05) is 12.1 Å². The molecule has 0 unspecified atom stereocenters. The van der Waals surface area contributed by atoms with Crippen molar-refractivity contribution in [3.05, 3.63) is 29.3 Å². The lowest BCUT2D eigenvalue weighted by molar-refractivity contribution is 0.0211. The van der Waals surface area contributed by atoms with Crippen LogP contribution in [0.5, 0.6) is 0 Å². The lowest BCUT2D eigenvalue weighted by atomic mass is 9.98. The van der Waals surface area contributed by atoms with E-state index in [-0.39, 0.29) is 12.1 Å². The third kappa shape index (κ3) is 2.38. The first-order valence-corrected chi connectivity index (χ1v) is 7.25. The molecule has 0 bridgehead atoms. The molecule has 0 saturated heterocycles. The van der Waals surface area contributed by atoms with Gasteiger partial charge >= 0.3 is 5.97 Å². The SMILES string of the molecule is O=C(OC1CCCCC1)c1ccc2ncsc2c1. The summed E-state index contributed by atoms with van der Waals surface area (Å²) in [5.41, 5.74) is 3.37. The normalized spacial score (nSPS) is 16.9. The number of hydrogen-bond donors (Lipinski definition) is 0. The number of benzene rings is 1. The zero-order chi connectivity index (χ0) is 12.4. The first-order valence-electron chi connectivity index (χ1n) is 6.37. The molecule has 4 heteroatoms. The van der Waals surface area contributed by atoms with Crippen molar-refractivity contribution >= 4 is 27.5 Å². The van der Waals surface area contributed by atoms with Gasteiger partial charge in [0, 0.05) is 0 Å². The highest BCUT2D eigenvalue weighted by molar-refractivity contribution is 7.16. The van der Waals surface area contributed by atoms with E-state index in [0.717, 1.165) is 23.1 Å². The van der Waals surface area contributed by atoms with Crippen molar-refractivity contribution in [2.24, 2.45) is 0 Å². The molecule has 1 aromatic carbocycles. The van der Waals surface area contributed by atoms with Gasteiger partial charge in [-0.25, -0.2) is 9.78 Å². The number of rotatable bonds is 2. The first kappa shape index (κ1) is 11.7. The van der Waals surface area contributed by atoms with Gasteiger partial charge in [-0.15, -0.1) is 11.3 Å². The van der Waals surface area contributed by atoms with Gasteiger partial charge < -0.3 is 4.74 Å². The van der Waals surface area contributed by atoms with Crippen LogP contribution in [0.1, 0.15) is 42.5 Å².